The summed E-state index contributed by atoms with van der Waals surface area (Å²) in [7, 11) is 0. The molecule has 4 heteroatoms. The number of rotatable bonds is 15. The van der Waals surface area contributed by atoms with Gasteiger partial charge in [0.2, 0.25) is 0 Å². The normalized spacial score (nSPS) is 12.8. The highest BCUT2D eigenvalue weighted by Crippen LogP contribution is 2.33. The highest BCUT2D eigenvalue weighted by molar-refractivity contribution is 5.41. The lowest BCUT2D eigenvalue weighted by Gasteiger charge is -2.27. The first-order valence-electron chi connectivity index (χ1n) is 12.5. The summed E-state index contributed by atoms with van der Waals surface area (Å²) in [6.07, 6.45) is 4.22. The molecule has 0 aliphatic heterocycles. The van der Waals surface area contributed by atoms with Crippen molar-refractivity contribution in [3.8, 4) is 11.5 Å². The van der Waals surface area contributed by atoms with E-state index in [2.05, 4.69) is 50.2 Å². The van der Waals surface area contributed by atoms with Crippen LogP contribution in [0.5, 0.6) is 11.5 Å². The van der Waals surface area contributed by atoms with E-state index in [-0.39, 0.29) is 0 Å². The van der Waals surface area contributed by atoms with Gasteiger partial charge in [-0.3, -0.25) is 0 Å². The van der Waals surface area contributed by atoms with Gasteiger partial charge in [0.1, 0.15) is 11.5 Å². The number of ether oxygens (including phenoxy) is 3. The highest BCUT2D eigenvalue weighted by atomic mass is 16.5. The summed E-state index contributed by atoms with van der Waals surface area (Å²) in [6, 6.07) is 26.5. The summed E-state index contributed by atoms with van der Waals surface area (Å²) >= 11 is 0. The maximum atomic E-state index is 6.11. The Morgan fingerprint density at radius 1 is 0.765 bits per heavy atom. The molecule has 0 heterocycles. The summed E-state index contributed by atoms with van der Waals surface area (Å²) < 4.78 is 17.8. The first kappa shape index (κ1) is 25.6. The van der Waals surface area contributed by atoms with Crippen LogP contribution in [0.3, 0.4) is 0 Å². The molecular formula is C30H39NO3. The van der Waals surface area contributed by atoms with Crippen LogP contribution in [-0.2, 0) is 11.3 Å². The molecule has 0 radical (unpaired) electrons. The minimum absolute atomic E-state index is 0.450. The van der Waals surface area contributed by atoms with Crippen LogP contribution in [0.25, 0.3) is 0 Å². The fourth-order valence-corrected chi connectivity index (χ4v) is 4.20. The van der Waals surface area contributed by atoms with Crippen LogP contribution < -0.4 is 15.2 Å². The first-order chi connectivity index (χ1) is 16.7. The van der Waals surface area contributed by atoms with Gasteiger partial charge in [-0.1, -0.05) is 62.7 Å². The van der Waals surface area contributed by atoms with Crippen LogP contribution in [-0.4, -0.2) is 19.8 Å². The van der Waals surface area contributed by atoms with Gasteiger partial charge in [0.25, 0.3) is 0 Å². The Morgan fingerprint density at radius 3 is 2.12 bits per heavy atom. The predicted octanol–water partition coefficient (Wildman–Crippen LogP) is 7.24. The average Bonchev–Trinajstić information content (AvgIpc) is 2.88. The summed E-state index contributed by atoms with van der Waals surface area (Å²) in [6.45, 7) is 7.19. The number of hydrogen-bond acceptors (Lipinski definition) is 4. The third-order valence-electron chi connectivity index (χ3n) is 6.16. The van der Waals surface area contributed by atoms with Crippen molar-refractivity contribution in [2.75, 3.05) is 25.6 Å². The Morgan fingerprint density at radius 2 is 1.44 bits per heavy atom. The Balaban J connectivity index is 1.46. The Bertz CT molecular complexity index is 926. The van der Waals surface area contributed by atoms with Crippen LogP contribution in [0, 0.1) is 5.92 Å². The van der Waals surface area contributed by atoms with Gasteiger partial charge in [0.15, 0.2) is 0 Å². The molecular weight excluding hydrogens is 422 g/mol. The molecule has 2 N–H and O–H groups in total. The van der Waals surface area contributed by atoms with Gasteiger partial charge in [-0.25, -0.2) is 0 Å². The molecule has 0 spiro atoms. The van der Waals surface area contributed by atoms with Crippen LogP contribution in [0.2, 0.25) is 0 Å². The quantitative estimate of drug-likeness (QED) is 0.191. The Labute approximate surface area is 205 Å². The maximum Gasteiger partial charge on any atom is 0.119 e. The van der Waals surface area contributed by atoms with Crippen molar-refractivity contribution in [1.29, 1.82) is 0 Å². The second-order valence-electron chi connectivity index (χ2n) is 8.75. The molecule has 0 aliphatic carbocycles. The standard InChI is InChI=1S/C30H39NO3/c1-3-9-30(25(4-2)23-34-29-18-14-27(31)15-19-29)26-12-16-28(17-13-26)33-21-8-20-32-22-24-10-6-5-7-11-24/h5-7,10-19,25,30H,3-4,8-9,20-23,31H2,1-2H3. The second-order valence-corrected chi connectivity index (χ2v) is 8.75. The molecule has 34 heavy (non-hydrogen) atoms. The molecule has 4 nitrogen and oxygen atoms in total. The van der Waals surface area contributed by atoms with Gasteiger partial charge in [-0.2, -0.15) is 0 Å². The van der Waals surface area contributed by atoms with Gasteiger partial charge in [-0.15, -0.1) is 0 Å². The van der Waals surface area contributed by atoms with Gasteiger partial charge < -0.3 is 19.9 Å². The van der Waals surface area contributed by atoms with Gasteiger partial charge in [-0.05, 0) is 72.2 Å². The van der Waals surface area contributed by atoms with Gasteiger partial charge >= 0.3 is 0 Å². The molecule has 182 valence electrons. The molecule has 2 unspecified atom stereocenters. The van der Waals surface area contributed by atoms with Crippen LogP contribution in [0.4, 0.5) is 5.69 Å². The topological polar surface area (TPSA) is 53.7 Å². The van der Waals surface area contributed by atoms with Crippen LogP contribution in [0.1, 0.15) is 56.6 Å². The van der Waals surface area contributed by atoms with E-state index in [1.807, 2.05) is 42.5 Å². The van der Waals surface area contributed by atoms with Gasteiger partial charge in [0, 0.05) is 12.1 Å². The SMILES string of the molecule is CCCC(c1ccc(OCCCOCc2ccccc2)cc1)C(CC)COc1ccc(N)cc1. The van der Waals surface area contributed by atoms with E-state index >= 15 is 0 Å². The second kappa shape index (κ2) is 14.3. The number of hydrogen-bond donors (Lipinski definition) is 1. The molecule has 0 bridgehead atoms. The van der Waals surface area contributed by atoms with Crippen LogP contribution in [0.15, 0.2) is 78.9 Å². The summed E-state index contributed by atoms with van der Waals surface area (Å²) in [5, 5.41) is 0. The lowest BCUT2D eigenvalue weighted by Crippen LogP contribution is -2.20. The van der Waals surface area contributed by atoms with Crippen molar-refractivity contribution in [3.63, 3.8) is 0 Å². The molecule has 3 aromatic carbocycles. The Hall–Kier alpha value is -2.98. The minimum atomic E-state index is 0.450. The average molecular weight is 462 g/mol. The molecule has 0 aromatic heterocycles. The predicted molar refractivity (Wildman–Crippen MR) is 140 cm³/mol. The molecule has 2 atom stereocenters. The maximum absolute atomic E-state index is 6.11. The monoisotopic (exact) mass is 461 g/mol. The lowest BCUT2D eigenvalue weighted by molar-refractivity contribution is 0.107. The molecule has 0 fully saturated rings. The van der Waals surface area contributed by atoms with Crippen molar-refractivity contribution < 1.29 is 14.2 Å². The van der Waals surface area contributed by atoms with Crippen molar-refractivity contribution in [2.24, 2.45) is 5.92 Å². The first-order valence-corrected chi connectivity index (χ1v) is 12.5. The Kier molecular flexibility index (Phi) is 10.8. The number of benzene rings is 3. The van der Waals surface area contributed by atoms with Crippen molar-refractivity contribution in [1.82, 2.24) is 0 Å². The third kappa shape index (κ3) is 8.42. The van der Waals surface area contributed by atoms with Crippen LogP contribution >= 0.6 is 0 Å². The molecule has 0 aliphatic rings. The smallest absolute Gasteiger partial charge is 0.119 e. The number of nitrogen functional groups attached to an aromatic ring is 1. The lowest BCUT2D eigenvalue weighted by atomic mass is 9.82. The highest BCUT2D eigenvalue weighted by Gasteiger charge is 2.22. The fraction of sp³-hybridized carbons (Fsp3) is 0.400. The third-order valence-corrected chi connectivity index (χ3v) is 6.16. The zero-order valence-electron chi connectivity index (χ0n) is 20.6. The molecule has 3 aromatic rings. The molecule has 0 amide bonds. The van der Waals surface area contributed by atoms with E-state index in [9.17, 15) is 0 Å². The zero-order valence-corrected chi connectivity index (χ0v) is 20.6. The van der Waals surface area contributed by atoms with Crippen molar-refractivity contribution in [3.05, 3.63) is 90.0 Å². The van der Waals surface area contributed by atoms with E-state index in [0.717, 1.165) is 42.9 Å². The van der Waals surface area contributed by atoms with E-state index in [1.54, 1.807) is 0 Å². The fourth-order valence-electron chi connectivity index (χ4n) is 4.20. The molecule has 0 saturated heterocycles. The molecule has 0 saturated carbocycles. The van der Waals surface area contributed by atoms with E-state index in [4.69, 9.17) is 19.9 Å². The van der Waals surface area contributed by atoms with Gasteiger partial charge in [0.05, 0.1) is 26.4 Å². The van der Waals surface area contributed by atoms with Crippen molar-refractivity contribution in [2.45, 2.75) is 52.1 Å². The summed E-state index contributed by atoms with van der Waals surface area (Å²) in [4.78, 5) is 0. The largest absolute Gasteiger partial charge is 0.494 e. The van der Waals surface area contributed by atoms with Crippen molar-refractivity contribution >= 4 is 5.69 Å². The van der Waals surface area contributed by atoms with E-state index in [0.29, 0.717) is 38.3 Å². The number of anilines is 1. The summed E-state index contributed by atoms with van der Waals surface area (Å²) in [5.74, 6) is 2.70. The number of nitrogens with two attached hydrogens (primary N) is 1. The van der Waals surface area contributed by atoms with E-state index < -0.39 is 0 Å². The zero-order chi connectivity index (χ0) is 24.0. The molecule has 3 rings (SSSR count). The summed E-state index contributed by atoms with van der Waals surface area (Å²) in [5.41, 5.74) is 9.10. The minimum Gasteiger partial charge on any atom is -0.494 e. The van der Waals surface area contributed by atoms with E-state index in [1.165, 1.54) is 11.1 Å².